The summed E-state index contributed by atoms with van der Waals surface area (Å²) in [4.78, 5) is 4.27. The average Bonchev–Trinajstić information content (AvgIpc) is 2.99. The molecule has 0 saturated heterocycles. The van der Waals surface area contributed by atoms with Crippen LogP contribution in [-0.2, 0) is 6.54 Å². The van der Waals surface area contributed by atoms with Crippen molar-refractivity contribution in [3.05, 3.63) is 29.5 Å². The Morgan fingerprint density at radius 1 is 1.42 bits per heavy atom. The van der Waals surface area contributed by atoms with Gasteiger partial charge >= 0.3 is 0 Å². The minimum Gasteiger partial charge on any atom is -0.394 e. The highest BCUT2D eigenvalue weighted by atomic mass is 32.1. The number of aliphatic hydroxyl groups is 1. The number of fused-ring (bicyclic) bond motifs is 1. The van der Waals surface area contributed by atoms with Gasteiger partial charge in [-0.25, -0.2) is 4.98 Å². The standard InChI is InChI=1S/C13H14N4OS/c1-8-7-19-12-10(5-15-13(14)11(8)12)9-4-16-17(6-9)2-3-18/h4-7,18H,2-3H2,1H3,(H2,14,15). The van der Waals surface area contributed by atoms with E-state index in [-0.39, 0.29) is 6.61 Å². The van der Waals surface area contributed by atoms with Crippen molar-refractivity contribution in [1.29, 1.82) is 0 Å². The predicted molar refractivity (Wildman–Crippen MR) is 77.1 cm³/mol. The summed E-state index contributed by atoms with van der Waals surface area (Å²) in [5, 5.41) is 16.3. The predicted octanol–water partition coefficient (Wildman–Crippen LogP) is 2.04. The normalized spacial score (nSPS) is 11.3. The van der Waals surface area contributed by atoms with Crippen LogP contribution in [0.2, 0.25) is 0 Å². The van der Waals surface area contributed by atoms with Crippen LogP contribution in [0, 0.1) is 6.92 Å². The van der Waals surface area contributed by atoms with Crippen molar-refractivity contribution in [2.24, 2.45) is 0 Å². The maximum atomic E-state index is 8.92. The number of anilines is 1. The van der Waals surface area contributed by atoms with E-state index in [1.165, 1.54) is 0 Å². The van der Waals surface area contributed by atoms with Gasteiger partial charge in [0.1, 0.15) is 5.82 Å². The molecular weight excluding hydrogens is 260 g/mol. The highest BCUT2D eigenvalue weighted by molar-refractivity contribution is 7.18. The topological polar surface area (TPSA) is 77.0 Å². The van der Waals surface area contributed by atoms with Gasteiger partial charge in [0.25, 0.3) is 0 Å². The average molecular weight is 274 g/mol. The second-order valence-electron chi connectivity index (χ2n) is 4.40. The maximum absolute atomic E-state index is 8.92. The smallest absolute Gasteiger partial charge is 0.132 e. The molecule has 0 aliphatic rings. The van der Waals surface area contributed by atoms with Crippen LogP contribution < -0.4 is 5.73 Å². The Balaban J connectivity index is 2.16. The molecule has 3 aromatic rings. The molecule has 0 atom stereocenters. The molecule has 0 radical (unpaired) electrons. The van der Waals surface area contributed by atoms with Crippen LogP contribution in [-0.4, -0.2) is 26.5 Å². The number of hydrogen-bond donors (Lipinski definition) is 2. The number of nitrogens with zero attached hydrogens (tertiary/aromatic N) is 3. The van der Waals surface area contributed by atoms with Crippen LogP contribution in [0.5, 0.6) is 0 Å². The number of hydrogen-bond acceptors (Lipinski definition) is 5. The van der Waals surface area contributed by atoms with Crippen LogP contribution in [0.25, 0.3) is 21.2 Å². The van der Waals surface area contributed by atoms with Crippen molar-refractivity contribution in [3.63, 3.8) is 0 Å². The first kappa shape index (κ1) is 12.1. The second kappa shape index (κ2) is 4.64. The van der Waals surface area contributed by atoms with Crippen molar-refractivity contribution in [2.45, 2.75) is 13.5 Å². The molecule has 0 spiro atoms. The number of aliphatic hydroxyl groups excluding tert-OH is 1. The summed E-state index contributed by atoms with van der Waals surface area (Å²) in [5.41, 5.74) is 9.12. The van der Waals surface area contributed by atoms with Gasteiger partial charge in [0, 0.05) is 33.6 Å². The number of pyridine rings is 1. The monoisotopic (exact) mass is 274 g/mol. The zero-order valence-corrected chi connectivity index (χ0v) is 11.3. The van der Waals surface area contributed by atoms with Crippen LogP contribution in [0.15, 0.2) is 24.0 Å². The molecule has 0 aliphatic carbocycles. The molecule has 3 aromatic heterocycles. The van der Waals surface area contributed by atoms with E-state index in [0.29, 0.717) is 12.4 Å². The first-order valence-corrected chi connectivity index (χ1v) is 6.84. The SMILES string of the molecule is Cc1csc2c(-c3cnn(CCO)c3)cnc(N)c12. The lowest BCUT2D eigenvalue weighted by Crippen LogP contribution is -2.01. The Bertz CT molecular complexity index is 731. The third-order valence-electron chi connectivity index (χ3n) is 3.08. The summed E-state index contributed by atoms with van der Waals surface area (Å²) in [5.74, 6) is 0.570. The Morgan fingerprint density at radius 2 is 2.26 bits per heavy atom. The number of rotatable bonds is 3. The molecule has 0 aliphatic heterocycles. The maximum Gasteiger partial charge on any atom is 0.132 e. The van der Waals surface area contributed by atoms with Crippen molar-refractivity contribution < 1.29 is 5.11 Å². The molecule has 5 nitrogen and oxygen atoms in total. The molecule has 0 amide bonds. The Hall–Kier alpha value is -1.92. The van der Waals surface area contributed by atoms with Gasteiger partial charge in [-0.15, -0.1) is 11.3 Å². The summed E-state index contributed by atoms with van der Waals surface area (Å²) in [6.45, 7) is 2.61. The van der Waals surface area contributed by atoms with Crippen molar-refractivity contribution >= 4 is 27.2 Å². The van der Waals surface area contributed by atoms with E-state index in [2.05, 4.69) is 15.5 Å². The van der Waals surface area contributed by atoms with E-state index >= 15 is 0 Å². The Labute approximate surface area is 114 Å². The minimum absolute atomic E-state index is 0.0780. The van der Waals surface area contributed by atoms with Crippen LogP contribution in [0.4, 0.5) is 5.82 Å². The lowest BCUT2D eigenvalue weighted by atomic mass is 10.1. The van der Waals surface area contributed by atoms with Gasteiger partial charge in [-0.2, -0.15) is 5.10 Å². The van der Waals surface area contributed by atoms with Gasteiger partial charge in [0.05, 0.1) is 19.3 Å². The summed E-state index contributed by atoms with van der Waals surface area (Å²) >= 11 is 1.67. The summed E-state index contributed by atoms with van der Waals surface area (Å²) < 4.78 is 2.85. The molecule has 3 heterocycles. The molecule has 0 aromatic carbocycles. The highest BCUT2D eigenvalue weighted by Crippen LogP contribution is 2.36. The zero-order valence-electron chi connectivity index (χ0n) is 10.5. The summed E-state index contributed by atoms with van der Waals surface area (Å²) in [7, 11) is 0. The number of aryl methyl sites for hydroxylation is 1. The van der Waals surface area contributed by atoms with Crippen molar-refractivity contribution in [2.75, 3.05) is 12.3 Å². The van der Waals surface area contributed by atoms with E-state index in [4.69, 9.17) is 10.8 Å². The lowest BCUT2D eigenvalue weighted by molar-refractivity contribution is 0.269. The van der Waals surface area contributed by atoms with Gasteiger partial charge in [0.15, 0.2) is 0 Å². The van der Waals surface area contributed by atoms with E-state index in [1.807, 2.05) is 13.1 Å². The van der Waals surface area contributed by atoms with Gasteiger partial charge in [-0.05, 0) is 17.9 Å². The molecule has 0 saturated carbocycles. The molecule has 6 heteroatoms. The van der Waals surface area contributed by atoms with E-state index in [1.54, 1.807) is 28.4 Å². The molecule has 0 unspecified atom stereocenters. The fourth-order valence-electron chi connectivity index (χ4n) is 2.15. The van der Waals surface area contributed by atoms with E-state index < -0.39 is 0 Å². The van der Waals surface area contributed by atoms with E-state index in [9.17, 15) is 0 Å². The van der Waals surface area contributed by atoms with E-state index in [0.717, 1.165) is 26.8 Å². The van der Waals surface area contributed by atoms with Gasteiger partial charge in [-0.3, -0.25) is 4.68 Å². The molecule has 3 rings (SSSR count). The van der Waals surface area contributed by atoms with Crippen LogP contribution >= 0.6 is 11.3 Å². The van der Waals surface area contributed by atoms with Gasteiger partial charge in [-0.1, -0.05) is 0 Å². The van der Waals surface area contributed by atoms with Crippen molar-refractivity contribution in [3.8, 4) is 11.1 Å². The highest BCUT2D eigenvalue weighted by Gasteiger charge is 2.12. The first-order chi connectivity index (χ1) is 9.20. The first-order valence-electron chi connectivity index (χ1n) is 5.96. The third-order valence-corrected chi connectivity index (χ3v) is 4.21. The number of nitrogens with two attached hydrogens (primary N) is 1. The second-order valence-corrected chi connectivity index (χ2v) is 5.28. The summed E-state index contributed by atoms with van der Waals surface area (Å²) in [6, 6.07) is 0. The number of thiophene rings is 1. The fraction of sp³-hybridized carbons (Fsp3) is 0.231. The molecular formula is C13H14N4OS. The summed E-state index contributed by atoms with van der Waals surface area (Å²) in [6.07, 6.45) is 5.49. The van der Waals surface area contributed by atoms with Crippen LogP contribution in [0.3, 0.4) is 0 Å². The Kier molecular flexibility index (Phi) is 2.96. The molecule has 0 bridgehead atoms. The lowest BCUT2D eigenvalue weighted by Gasteiger charge is -2.03. The number of aromatic nitrogens is 3. The zero-order chi connectivity index (χ0) is 13.4. The Morgan fingerprint density at radius 3 is 3.05 bits per heavy atom. The van der Waals surface area contributed by atoms with Crippen LogP contribution in [0.1, 0.15) is 5.56 Å². The largest absolute Gasteiger partial charge is 0.394 e. The third kappa shape index (κ3) is 1.98. The molecule has 3 N–H and O–H groups in total. The quantitative estimate of drug-likeness (QED) is 0.766. The fourth-order valence-corrected chi connectivity index (χ4v) is 3.24. The molecule has 0 fully saturated rings. The molecule has 19 heavy (non-hydrogen) atoms. The minimum atomic E-state index is 0.0780. The van der Waals surface area contributed by atoms with Gasteiger partial charge in [0.2, 0.25) is 0 Å². The van der Waals surface area contributed by atoms with Gasteiger partial charge < -0.3 is 10.8 Å². The van der Waals surface area contributed by atoms with Crippen molar-refractivity contribution in [1.82, 2.24) is 14.8 Å². The molecule has 98 valence electrons. The number of nitrogen functional groups attached to an aromatic ring is 1.